The van der Waals surface area contributed by atoms with Crippen LogP contribution in [0.2, 0.25) is 0 Å². The topological polar surface area (TPSA) is 196 Å². The molecular formula is C20H31F3N4O10. The molecule has 0 saturated carbocycles. The molecule has 0 aromatic carbocycles. The Bertz CT molecular complexity index is 747. The second-order valence-corrected chi connectivity index (χ2v) is 6.83. The van der Waals surface area contributed by atoms with Crippen molar-refractivity contribution in [3.8, 4) is 0 Å². The van der Waals surface area contributed by atoms with Crippen LogP contribution >= 0.6 is 0 Å². The normalized spacial score (nSPS) is 12.8. The van der Waals surface area contributed by atoms with Gasteiger partial charge in [0.05, 0.1) is 59.3 Å². The van der Waals surface area contributed by atoms with Crippen LogP contribution in [0.25, 0.3) is 0 Å². The van der Waals surface area contributed by atoms with Gasteiger partial charge in [0, 0.05) is 31.7 Å². The third-order valence-electron chi connectivity index (χ3n) is 4.02. The number of hydrogen-bond acceptors (Lipinski definition) is 10. The molecule has 0 atom stereocenters. The van der Waals surface area contributed by atoms with E-state index in [9.17, 15) is 32.3 Å². The second-order valence-electron chi connectivity index (χ2n) is 6.83. The molecule has 5 N–H and O–H groups in total. The number of nitrogens with one attached hydrogen (secondary N) is 2. The number of hydrogen-bond donors (Lipinski definition) is 4. The van der Waals surface area contributed by atoms with E-state index in [0.717, 1.165) is 4.90 Å². The highest BCUT2D eigenvalue weighted by atomic mass is 19.4. The van der Waals surface area contributed by atoms with Crippen LogP contribution in [0.15, 0.2) is 12.2 Å². The molecule has 0 aromatic heterocycles. The predicted molar refractivity (Wildman–Crippen MR) is 117 cm³/mol. The van der Waals surface area contributed by atoms with E-state index in [1.165, 1.54) is 12.2 Å². The zero-order valence-corrected chi connectivity index (χ0v) is 19.9. The number of carbonyl (C=O) groups excluding carboxylic acids is 4. The van der Waals surface area contributed by atoms with Gasteiger partial charge < -0.3 is 29.4 Å². The minimum Gasteiger partial charge on any atom is -0.475 e. The van der Waals surface area contributed by atoms with Gasteiger partial charge in [-0.2, -0.15) is 13.2 Å². The first-order valence-corrected chi connectivity index (χ1v) is 10.9. The summed E-state index contributed by atoms with van der Waals surface area (Å²) < 4.78 is 52.9. The minimum absolute atomic E-state index is 0.0519. The van der Waals surface area contributed by atoms with Gasteiger partial charge in [-0.25, -0.2) is 10.6 Å². The molecule has 0 unspecified atom stereocenters. The van der Waals surface area contributed by atoms with Gasteiger partial charge in [-0.1, -0.05) is 0 Å². The maximum Gasteiger partial charge on any atom is 0.490 e. The van der Waals surface area contributed by atoms with Gasteiger partial charge >= 0.3 is 12.1 Å². The number of imide groups is 1. The number of carboxylic acids is 1. The molecule has 0 radical (unpaired) electrons. The smallest absolute Gasteiger partial charge is 0.475 e. The molecule has 1 aliphatic heterocycles. The molecular weight excluding hydrogens is 513 g/mol. The zero-order valence-electron chi connectivity index (χ0n) is 19.9. The summed E-state index contributed by atoms with van der Waals surface area (Å²) >= 11 is 0. The SMILES string of the molecule is NNC(=O)CCOCCOCCOCCOCCNC(=O)CCN1C(=O)C=CC1=O.O=C(O)C(F)(F)F. The first-order chi connectivity index (χ1) is 17.5. The Labute approximate surface area is 210 Å². The molecule has 212 valence electrons. The largest absolute Gasteiger partial charge is 0.490 e. The third-order valence-corrected chi connectivity index (χ3v) is 4.02. The van der Waals surface area contributed by atoms with Gasteiger partial charge in [-0.15, -0.1) is 0 Å². The fourth-order valence-electron chi connectivity index (χ4n) is 2.21. The van der Waals surface area contributed by atoms with Crippen LogP contribution in [0.3, 0.4) is 0 Å². The van der Waals surface area contributed by atoms with Crippen LogP contribution in [-0.4, -0.2) is 112 Å². The Morgan fingerprint density at radius 1 is 0.811 bits per heavy atom. The number of ether oxygens (including phenoxy) is 4. The third kappa shape index (κ3) is 18.8. The van der Waals surface area contributed by atoms with Crippen molar-refractivity contribution in [2.45, 2.75) is 19.0 Å². The molecule has 0 spiro atoms. The van der Waals surface area contributed by atoms with E-state index >= 15 is 0 Å². The van der Waals surface area contributed by atoms with E-state index in [0.29, 0.717) is 52.8 Å². The molecule has 4 amide bonds. The summed E-state index contributed by atoms with van der Waals surface area (Å²) in [5.74, 6) is 0.843. The predicted octanol–water partition coefficient (Wildman–Crippen LogP) is -1.50. The number of halogens is 3. The number of aliphatic carboxylic acids is 1. The van der Waals surface area contributed by atoms with Crippen LogP contribution in [0.5, 0.6) is 0 Å². The monoisotopic (exact) mass is 544 g/mol. The fourth-order valence-corrected chi connectivity index (χ4v) is 2.21. The lowest BCUT2D eigenvalue weighted by atomic mass is 10.3. The van der Waals surface area contributed by atoms with Crippen LogP contribution in [0.4, 0.5) is 13.2 Å². The van der Waals surface area contributed by atoms with Crippen molar-refractivity contribution in [1.82, 2.24) is 15.6 Å². The molecule has 1 rings (SSSR count). The first-order valence-electron chi connectivity index (χ1n) is 10.9. The van der Waals surface area contributed by atoms with E-state index < -0.39 is 24.0 Å². The summed E-state index contributed by atoms with van der Waals surface area (Å²) in [6.45, 7) is 3.40. The lowest BCUT2D eigenvalue weighted by molar-refractivity contribution is -0.192. The van der Waals surface area contributed by atoms with E-state index in [1.807, 2.05) is 5.43 Å². The zero-order chi connectivity index (χ0) is 28.1. The molecule has 0 aromatic rings. The second kappa shape index (κ2) is 20.0. The summed E-state index contributed by atoms with van der Waals surface area (Å²) in [5, 5.41) is 9.78. The maximum atomic E-state index is 11.7. The molecule has 0 aliphatic carbocycles. The molecule has 1 heterocycles. The van der Waals surface area contributed by atoms with Crippen LogP contribution in [-0.2, 0) is 42.9 Å². The molecule has 1 aliphatic rings. The van der Waals surface area contributed by atoms with Crippen molar-refractivity contribution < 1.29 is 61.2 Å². The Balaban J connectivity index is 0.00000161. The molecule has 17 heteroatoms. The summed E-state index contributed by atoms with van der Waals surface area (Å²) in [6, 6.07) is 0. The van der Waals surface area contributed by atoms with Gasteiger partial charge in [0.2, 0.25) is 11.8 Å². The van der Waals surface area contributed by atoms with Gasteiger partial charge in [0.25, 0.3) is 11.8 Å². The number of carboxylic acid groups (broad SMARTS) is 1. The molecule has 0 saturated heterocycles. The van der Waals surface area contributed by atoms with Crippen LogP contribution in [0, 0.1) is 0 Å². The fraction of sp³-hybridized carbons (Fsp3) is 0.650. The summed E-state index contributed by atoms with van der Waals surface area (Å²) in [6.07, 6.45) is -2.45. The number of rotatable bonds is 18. The first kappa shape index (κ1) is 33.9. The Hall–Kier alpha value is -3.12. The molecule has 0 fully saturated rings. The summed E-state index contributed by atoms with van der Waals surface area (Å²) in [5.41, 5.74) is 2.01. The van der Waals surface area contributed by atoms with Gasteiger partial charge in [0.15, 0.2) is 0 Å². The summed E-state index contributed by atoms with van der Waals surface area (Å²) in [7, 11) is 0. The lowest BCUT2D eigenvalue weighted by Gasteiger charge is -2.13. The Morgan fingerprint density at radius 3 is 1.68 bits per heavy atom. The Morgan fingerprint density at radius 2 is 1.24 bits per heavy atom. The molecule has 14 nitrogen and oxygen atoms in total. The van der Waals surface area contributed by atoms with Crippen molar-refractivity contribution >= 4 is 29.6 Å². The highest BCUT2D eigenvalue weighted by Gasteiger charge is 2.38. The van der Waals surface area contributed by atoms with Crippen molar-refractivity contribution in [1.29, 1.82) is 0 Å². The minimum atomic E-state index is -5.08. The van der Waals surface area contributed by atoms with Gasteiger partial charge in [-0.05, 0) is 0 Å². The van der Waals surface area contributed by atoms with E-state index in [2.05, 4.69) is 5.32 Å². The quantitative estimate of drug-likeness (QED) is 0.0515. The van der Waals surface area contributed by atoms with Gasteiger partial charge in [-0.3, -0.25) is 29.5 Å². The average molecular weight is 544 g/mol. The number of nitrogens with two attached hydrogens (primary N) is 1. The van der Waals surface area contributed by atoms with Gasteiger partial charge in [0.1, 0.15) is 0 Å². The standard InChI is InChI=1S/C18H30N4O8.C2HF3O2/c19-21-16(24)4-7-27-9-11-29-13-14-30-12-10-28-8-5-20-15(23)3-6-22-17(25)1-2-18(22)26;3-2(4,5)1(6)7/h1-2H,3-14,19H2,(H,20,23)(H,21,24);(H,6,7). The maximum absolute atomic E-state index is 11.7. The Kier molecular flexibility index (Phi) is 18.3. The molecule has 37 heavy (non-hydrogen) atoms. The number of hydrazine groups is 1. The lowest BCUT2D eigenvalue weighted by Crippen LogP contribution is -2.35. The number of amides is 4. The van der Waals surface area contributed by atoms with E-state index in [4.69, 9.17) is 34.7 Å². The highest BCUT2D eigenvalue weighted by molar-refractivity contribution is 6.13. The highest BCUT2D eigenvalue weighted by Crippen LogP contribution is 2.13. The average Bonchev–Trinajstić information content (AvgIpc) is 3.16. The van der Waals surface area contributed by atoms with E-state index in [1.54, 1.807) is 0 Å². The van der Waals surface area contributed by atoms with Crippen molar-refractivity contribution in [2.75, 3.05) is 65.9 Å². The molecule has 0 bridgehead atoms. The van der Waals surface area contributed by atoms with Crippen LogP contribution in [0.1, 0.15) is 12.8 Å². The summed E-state index contributed by atoms with van der Waals surface area (Å²) in [4.78, 5) is 55.1. The van der Waals surface area contributed by atoms with E-state index in [-0.39, 0.29) is 37.8 Å². The van der Waals surface area contributed by atoms with Crippen molar-refractivity contribution in [3.63, 3.8) is 0 Å². The van der Waals surface area contributed by atoms with Crippen molar-refractivity contribution in [3.05, 3.63) is 12.2 Å². The number of nitrogens with zero attached hydrogens (tertiary/aromatic N) is 1. The number of alkyl halides is 3. The van der Waals surface area contributed by atoms with Crippen molar-refractivity contribution in [2.24, 2.45) is 5.84 Å². The van der Waals surface area contributed by atoms with Crippen LogP contribution < -0.4 is 16.6 Å². The number of carbonyl (C=O) groups is 5.